The SMILES string of the molecule is C/C=C(\C)CCC(C)CC(=O)O. The molecule has 1 unspecified atom stereocenters. The zero-order valence-electron chi connectivity index (χ0n) is 8.13. The normalized spacial score (nSPS) is 14.4. The van der Waals surface area contributed by atoms with E-state index in [4.69, 9.17) is 5.11 Å². The van der Waals surface area contributed by atoms with Crippen LogP contribution in [0.15, 0.2) is 11.6 Å². The predicted molar refractivity (Wildman–Crippen MR) is 50.1 cm³/mol. The summed E-state index contributed by atoms with van der Waals surface area (Å²) in [7, 11) is 0. The maximum absolute atomic E-state index is 10.3. The molecule has 70 valence electrons. The van der Waals surface area contributed by atoms with E-state index in [1.165, 1.54) is 5.57 Å². The third kappa shape index (κ3) is 5.96. The molecule has 0 aromatic carbocycles. The zero-order chi connectivity index (χ0) is 9.56. The fourth-order valence-electron chi connectivity index (χ4n) is 1.02. The average molecular weight is 170 g/mol. The molecule has 12 heavy (non-hydrogen) atoms. The van der Waals surface area contributed by atoms with Crippen LogP contribution in [0.5, 0.6) is 0 Å². The molecule has 0 bridgehead atoms. The molecule has 1 atom stereocenters. The van der Waals surface area contributed by atoms with Crippen molar-refractivity contribution in [2.45, 2.75) is 40.0 Å². The van der Waals surface area contributed by atoms with Crippen molar-refractivity contribution in [1.29, 1.82) is 0 Å². The van der Waals surface area contributed by atoms with Crippen molar-refractivity contribution in [2.75, 3.05) is 0 Å². The Morgan fingerprint density at radius 2 is 2.17 bits per heavy atom. The van der Waals surface area contributed by atoms with Crippen LogP contribution in [0.2, 0.25) is 0 Å². The molecule has 0 fully saturated rings. The van der Waals surface area contributed by atoms with Crippen LogP contribution in [0.25, 0.3) is 0 Å². The van der Waals surface area contributed by atoms with E-state index in [1.807, 2.05) is 13.8 Å². The lowest BCUT2D eigenvalue weighted by Crippen LogP contribution is -2.04. The molecular weight excluding hydrogens is 152 g/mol. The van der Waals surface area contributed by atoms with Gasteiger partial charge in [0.15, 0.2) is 0 Å². The minimum absolute atomic E-state index is 0.289. The summed E-state index contributed by atoms with van der Waals surface area (Å²) in [6, 6.07) is 0. The maximum atomic E-state index is 10.3. The second kappa shape index (κ2) is 5.81. The van der Waals surface area contributed by atoms with Gasteiger partial charge in [-0.15, -0.1) is 0 Å². The minimum Gasteiger partial charge on any atom is -0.481 e. The highest BCUT2D eigenvalue weighted by Crippen LogP contribution is 2.14. The number of aliphatic carboxylic acids is 1. The van der Waals surface area contributed by atoms with Gasteiger partial charge in [-0.2, -0.15) is 0 Å². The number of allylic oxidation sites excluding steroid dienone is 2. The lowest BCUT2D eigenvalue weighted by atomic mass is 9.99. The molecule has 0 aliphatic carbocycles. The molecule has 0 rings (SSSR count). The fraction of sp³-hybridized carbons (Fsp3) is 0.700. The number of hydrogen-bond acceptors (Lipinski definition) is 1. The second-order valence-corrected chi connectivity index (χ2v) is 3.38. The molecule has 0 aromatic heterocycles. The first kappa shape index (κ1) is 11.2. The third-order valence-electron chi connectivity index (χ3n) is 2.05. The van der Waals surface area contributed by atoms with Gasteiger partial charge >= 0.3 is 5.97 Å². The maximum Gasteiger partial charge on any atom is 0.303 e. The van der Waals surface area contributed by atoms with Crippen molar-refractivity contribution in [3.05, 3.63) is 11.6 Å². The van der Waals surface area contributed by atoms with E-state index in [-0.39, 0.29) is 12.3 Å². The van der Waals surface area contributed by atoms with Crippen molar-refractivity contribution in [2.24, 2.45) is 5.92 Å². The fourth-order valence-corrected chi connectivity index (χ4v) is 1.02. The first-order chi connectivity index (χ1) is 5.56. The topological polar surface area (TPSA) is 37.3 Å². The van der Waals surface area contributed by atoms with E-state index in [1.54, 1.807) is 0 Å². The van der Waals surface area contributed by atoms with Gasteiger partial charge in [-0.1, -0.05) is 18.6 Å². The molecule has 2 heteroatoms. The van der Waals surface area contributed by atoms with E-state index in [9.17, 15) is 4.79 Å². The predicted octanol–water partition coefficient (Wildman–Crippen LogP) is 2.84. The summed E-state index contributed by atoms with van der Waals surface area (Å²) in [5.74, 6) is -0.405. The van der Waals surface area contributed by atoms with Gasteiger partial charge in [-0.05, 0) is 32.6 Å². The Labute approximate surface area is 74.3 Å². The largest absolute Gasteiger partial charge is 0.481 e. The van der Waals surface area contributed by atoms with Crippen molar-refractivity contribution >= 4 is 5.97 Å². The number of hydrogen-bond donors (Lipinski definition) is 1. The zero-order valence-corrected chi connectivity index (χ0v) is 8.13. The van der Waals surface area contributed by atoms with E-state index in [2.05, 4.69) is 13.0 Å². The Morgan fingerprint density at radius 3 is 2.58 bits per heavy atom. The van der Waals surface area contributed by atoms with Crippen LogP contribution in [0.4, 0.5) is 0 Å². The Kier molecular flexibility index (Phi) is 5.43. The van der Waals surface area contributed by atoms with Crippen molar-refractivity contribution in [1.82, 2.24) is 0 Å². The van der Waals surface area contributed by atoms with Crippen LogP contribution in [-0.2, 0) is 4.79 Å². The van der Waals surface area contributed by atoms with Crippen molar-refractivity contribution < 1.29 is 9.90 Å². The van der Waals surface area contributed by atoms with Crippen LogP contribution in [-0.4, -0.2) is 11.1 Å². The highest BCUT2D eigenvalue weighted by molar-refractivity contribution is 5.66. The Balaban J connectivity index is 3.57. The summed E-state index contributed by atoms with van der Waals surface area (Å²) < 4.78 is 0. The molecule has 1 N–H and O–H groups in total. The molecule has 0 amide bonds. The summed E-state index contributed by atoms with van der Waals surface area (Å²) in [5.41, 5.74) is 1.34. The van der Waals surface area contributed by atoms with Crippen LogP contribution in [0.1, 0.15) is 40.0 Å². The highest BCUT2D eigenvalue weighted by Gasteiger charge is 2.06. The molecule has 0 saturated carbocycles. The van der Waals surface area contributed by atoms with E-state index in [0.717, 1.165) is 12.8 Å². The highest BCUT2D eigenvalue weighted by atomic mass is 16.4. The molecule has 0 heterocycles. The smallest absolute Gasteiger partial charge is 0.303 e. The van der Waals surface area contributed by atoms with E-state index < -0.39 is 5.97 Å². The molecule has 0 radical (unpaired) electrons. The third-order valence-corrected chi connectivity index (χ3v) is 2.05. The molecule has 2 nitrogen and oxygen atoms in total. The molecule has 0 aromatic rings. The number of carboxylic acid groups (broad SMARTS) is 1. The van der Waals surface area contributed by atoms with Crippen LogP contribution < -0.4 is 0 Å². The van der Waals surface area contributed by atoms with Crippen molar-refractivity contribution in [3.8, 4) is 0 Å². The van der Waals surface area contributed by atoms with Gasteiger partial charge in [0.05, 0.1) is 0 Å². The lowest BCUT2D eigenvalue weighted by molar-refractivity contribution is -0.138. The van der Waals surface area contributed by atoms with Gasteiger partial charge in [0.25, 0.3) is 0 Å². The Hall–Kier alpha value is -0.790. The van der Waals surface area contributed by atoms with Gasteiger partial charge in [0, 0.05) is 6.42 Å². The Morgan fingerprint density at radius 1 is 1.58 bits per heavy atom. The molecule has 0 spiro atoms. The monoisotopic (exact) mass is 170 g/mol. The van der Waals surface area contributed by atoms with Gasteiger partial charge in [0.1, 0.15) is 0 Å². The summed E-state index contributed by atoms with van der Waals surface area (Å²) in [6.07, 6.45) is 4.36. The molecule has 0 aliphatic heterocycles. The van der Waals surface area contributed by atoms with Gasteiger partial charge in [-0.3, -0.25) is 4.79 Å². The quantitative estimate of drug-likeness (QED) is 0.644. The average Bonchev–Trinajstić information content (AvgIpc) is 1.99. The standard InChI is InChI=1S/C10H18O2/c1-4-8(2)5-6-9(3)7-10(11)12/h4,9H,5-7H2,1-3H3,(H,11,12)/b8-4+. The van der Waals surface area contributed by atoms with Crippen molar-refractivity contribution in [3.63, 3.8) is 0 Å². The molecule has 0 aliphatic rings. The first-order valence-corrected chi connectivity index (χ1v) is 4.39. The molecular formula is C10H18O2. The number of carboxylic acids is 1. The summed E-state index contributed by atoms with van der Waals surface area (Å²) in [5, 5.41) is 8.49. The number of carbonyl (C=O) groups is 1. The van der Waals surface area contributed by atoms with Gasteiger partial charge in [-0.25, -0.2) is 0 Å². The lowest BCUT2D eigenvalue weighted by Gasteiger charge is -2.07. The number of rotatable bonds is 5. The minimum atomic E-state index is -0.694. The van der Waals surface area contributed by atoms with Gasteiger partial charge < -0.3 is 5.11 Å². The summed E-state index contributed by atoms with van der Waals surface area (Å²) >= 11 is 0. The van der Waals surface area contributed by atoms with Crippen LogP contribution in [0.3, 0.4) is 0 Å². The Bertz CT molecular complexity index is 171. The van der Waals surface area contributed by atoms with E-state index >= 15 is 0 Å². The summed E-state index contributed by atoms with van der Waals surface area (Å²) in [4.78, 5) is 10.3. The van der Waals surface area contributed by atoms with Gasteiger partial charge in [0.2, 0.25) is 0 Å². The summed E-state index contributed by atoms with van der Waals surface area (Å²) in [6.45, 7) is 6.07. The second-order valence-electron chi connectivity index (χ2n) is 3.38. The van der Waals surface area contributed by atoms with Crippen LogP contribution in [0, 0.1) is 5.92 Å². The van der Waals surface area contributed by atoms with E-state index in [0.29, 0.717) is 0 Å². The van der Waals surface area contributed by atoms with Crippen LogP contribution >= 0.6 is 0 Å². The molecule has 0 saturated heterocycles. The first-order valence-electron chi connectivity index (χ1n) is 4.39.